The third-order valence-corrected chi connectivity index (χ3v) is 5.82. The SMILES string of the molecule is CC1CCN(c2ccc(NC(=O)c3cnc(N4CCCCC4)cn3)cc2)CC1. The van der Waals surface area contributed by atoms with E-state index in [0.717, 1.165) is 43.6 Å². The zero-order chi connectivity index (χ0) is 19.3. The van der Waals surface area contributed by atoms with Crippen LogP contribution in [0.2, 0.25) is 0 Å². The van der Waals surface area contributed by atoms with Crippen molar-refractivity contribution in [2.75, 3.05) is 41.3 Å². The Morgan fingerprint density at radius 1 is 0.929 bits per heavy atom. The minimum absolute atomic E-state index is 0.225. The van der Waals surface area contributed by atoms with E-state index < -0.39 is 0 Å². The quantitative estimate of drug-likeness (QED) is 0.871. The van der Waals surface area contributed by atoms with E-state index in [4.69, 9.17) is 0 Å². The Hall–Kier alpha value is -2.63. The van der Waals surface area contributed by atoms with Crippen LogP contribution >= 0.6 is 0 Å². The molecule has 2 aliphatic rings. The summed E-state index contributed by atoms with van der Waals surface area (Å²) >= 11 is 0. The van der Waals surface area contributed by atoms with Crippen molar-refractivity contribution in [2.45, 2.75) is 39.0 Å². The van der Waals surface area contributed by atoms with Gasteiger partial charge in [0.25, 0.3) is 5.91 Å². The first-order valence-electron chi connectivity index (χ1n) is 10.4. The molecule has 2 aliphatic heterocycles. The van der Waals surface area contributed by atoms with Gasteiger partial charge < -0.3 is 15.1 Å². The number of aromatic nitrogens is 2. The second kappa shape index (κ2) is 8.59. The highest BCUT2D eigenvalue weighted by atomic mass is 16.1. The maximum atomic E-state index is 12.5. The molecule has 1 amide bonds. The topological polar surface area (TPSA) is 61.4 Å². The summed E-state index contributed by atoms with van der Waals surface area (Å²) in [4.78, 5) is 25.9. The smallest absolute Gasteiger partial charge is 0.275 e. The number of carbonyl (C=O) groups excluding carboxylic acids is 1. The molecule has 0 spiro atoms. The van der Waals surface area contributed by atoms with Crippen molar-refractivity contribution in [3.05, 3.63) is 42.4 Å². The molecule has 0 aliphatic carbocycles. The fourth-order valence-electron chi connectivity index (χ4n) is 3.94. The van der Waals surface area contributed by atoms with Gasteiger partial charge in [0.05, 0.1) is 12.4 Å². The van der Waals surface area contributed by atoms with Gasteiger partial charge in [0.15, 0.2) is 0 Å². The number of piperidine rings is 2. The number of nitrogens with one attached hydrogen (secondary N) is 1. The summed E-state index contributed by atoms with van der Waals surface area (Å²) in [5, 5.41) is 2.92. The summed E-state index contributed by atoms with van der Waals surface area (Å²) in [6, 6.07) is 8.08. The average molecular weight is 380 g/mol. The summed E-state index contributed by atoms with van der Waals surface area (Å²) in [7, 11) is 0. The van der Waals surface area contributed by atoms with Gasteiger partial charge in [-0.3, -0.25) is 4.79 Å². The first-order valence-corrected chi connectivity index (χ1v) is 10.4. The molecule has 0 bridgehead atoms. The molecule has 6 heteroatoms. The molecule has 148 valence electrons. The van der Waals surface area contributed by atoms with Gasteiger partial charge in [0.1, 0.15) is 11.5 Å². The largest absolute Gasteiger partial charge is 0.372 e. The Morgan fingerprint density at radius 2 is 1.64 bits per heavy atom. The van der Waals surface area contributed by atoms with Crippen LogP contribution in [0.5, 0.6) is 0 Å². The second-order valence-corrected chi connectivity index (χ2v) is 7.98. The second-order valence-electron chi connectivity index (χ2n) is 7.98. The van der Waals surface area contributed by atoms with Crippen LogP contribution < -0.4 is 15.1 Å². The normalized spacial score (nSPS) is 18.2. The molecule has 2 aromatic rings. The number of rotatable bonds is 4. The minimum Gasteiger partial charge on any atom is -0.372 e. The lowest BCUT2D eigenvalue weighted by atomic mass is 9.99. The Morgan fingerprint density at radius 3 is 2.29 bits per heavy atom. The molecule has 1 N–H and O–H groups in total. The summed E-state index contributed by atoms with van der Waals surface area (Å²) in [5.74, 6) is 1.45. The lowest BCUT2D eigenvalue weighted by Gasteiger charge is -2.32. The molecule has 6 nitrogen and oxygen atoms in total. The number of hydrogen-bond acceptors (Lipinski definition) is 5. The lowest BCUT2D eigenvalue weighted by Crippen LogP contribution is -2.32. The van der Waals surface area contributed by atoms with E-state index in [-0.39, 0.29) is 5.91 Å². The zero-order valence-corrected chi connectivity index (χ0v) is 16.6. The molecule has 2 fully saturated rings. The van der Waals surface area contributed by atoms with Crippen LogP contribution in [0.25, 0.3) is 0 Å². The van der Waals surface area contributed by atoms with E-state index in [0.29, 0.717) is 5.69 Å². The van der Waals surface area contributed by atoms with E-state index in [1.54, 1.807) is 12.4 Å². The van der Waals surface area contributed by atoms with E-state index in [1.165, 1.54) is 37.8 Å². The molecule has 1 aromatic carbocycles. The third kappa shape index (κ3) is 4.43. The van der Waals surface area contributed by atoms with Gasteiger partial charge >= 0.3 is 0 Å². The van der Waals surface area contributed by atoms with Gasteiger partial charge in [-0.15, -0.1) is 0 Å². The zero-order valence-electron chi connectivity index (χ0n) is 16.6. The highest BCUT2D eigenvalue weighted by Gasteiger charge is 2.17. The van der Waals surface area contributed by atoms with Crippen LogP contribution in [0.4, 0.5) is 17.2 Å². The molecular weight excluding hydrogens is 350 g/mol. The van der Waals surface area contributed by atoms with E-state index >= 15 is 0 Å². The van der Waals surface area contributed by atoms with Crippen LogP contribution in [0.3, 0.4) is 0 Å². The fraction of sp³-hybridized carbons (Fsp3) is 0.500. The van der Waals surface area contributed by atoms with Gasteiger partial charge in [-0.1, -0.05) is 6.92 Å². The van der Waals surface area contributed by atoms with E-state index in [9.17, 15) is 4.79 Å². The van der Waals surface area contributed by atoms with Gasteiger partial charge in [-0.05, 0) is 62.3 Å². The summed E-state index contributed by atoms with van der Waals surface area (Å²) < 4.78 is 0. The predicted octanol–water partition coefficient (Wildman–Crippen LogP) is 3.96. The Labute approximate surface area is 167 Å². The van der Waals surface area contributed by atoms with Crippen LogP contribution in [-0.2, 0) is 0 Å². The van der Waals surface area contributed by atoms with Crippen molar-refractivity contribution in [2.24, 2.45) is 5.92 Å². The maximum Gasteiger partial charge on any atom is 0.275 e. The van der Waals surface area contributed by atoms with Crippen LogP contribution in [0, 0.1) is 5.92 Å². The van der Waals surface area contributed by atoms with Gasteiger partial charge in [0, 0.05) is 37.6 Å². The summed E-state index contributed by atoms with van der Waals surface area (Å²) in [6.07, 6.45) is 9.42. The molecule has 2 saturated heterocycles. The molecule has 1 aromatic heterocycles. The predicted molar refractivity (Wildman–Crippen MR) is 113 cm³/mol. The number of nitrogens with zero attached hydrogens (tertiary/aromatic N) is 4. The molecule has 0 saturated carbocycles. The molecule has 0 radical (unpaired) electrons. The van der Waals surface area contributed by atoms with Crippen molar-refractivity contribution in [3.8, 4) is 0 Å². The number of anilines is 3. The Bertz CT molecular complexity index is 776. The third-order valence-electron chi connectivity index (χ3n) is 5.82. The van der Waals surface area contributed by atoms with Crippen molar-refractivity contribution >= 4 is 23.1 Å². The monoisotopic (exact) mass is 379 g/mol. The number of benzene rings is 1. The number of hydrogen-bond donors (Lipinski definition) is 1. The van der Waals surface area contributed by atoms with Gasteiger partial charge in [-0.25, -0.2) is 9.97 Å². The molecule has 28 heavy (non-hydrogen) atoms. The fourth-order valence-corrected chi connectivity index (χ4v) is 3.94. The molecular formula is C22H29N5O. The summed E-state index contributed by atoms with van der Waals surface area (Å²) in [5.41, 5.74) is 2.34. The standard InChI is InChI=1S/C22H29N5O/c1-17-9-13-26(14-10-17)19-7-5-18(6-8-19)25-22(28)20-15-24-21(16-23-20)27-11-3-2-4-12-27/h5-8,15-17H,2-4,9-14H2,1H3,(H,25,28). The molecule has 0 atom stereocenters. The lowest BCUT2D eigenvalue weighted by molar-refractivity contribution is 0.102. The molecule has 0 unspecified atom stereocenters. The van der Waals surface area contributed by atoms with Crippen LogP contribution in [0.15, 0.2) is 36.7 Å². The van der Waals surface area contributed by atoms with Crippen molar-refractivity contribution in [1.82, 2.24) is 9.97 Å². The number of amides is 1. The van der Waals surface area contributed by atoms with Crippen molar-refractivity contribution in [3.63, 3.8) is 0 Å². The van der Waals surface area contributed by atoms with Gasteiger partial charge in [-0.2, -0.15) is 0 Å². The highest BCUT2D eigenvalue weighted by molar-refractivity contribution is 6.02. The van der Waals surface area contributed by atoms with Crippen LogP contribution in [0.1, 0.15) is 49.5 Å². The van der Waals surface area contributed by atoms with Crippen molar-refractivity contribution < 1.29 is 4.79 Å². The van der Waals surface area contributed by atoms with E-state index in [2.05, 4.69) is 44.1 Å². The van der Waals surface area contributed by atoms with Gasteiger partial charge in [0.2, 0.25) is 0 Å². The van der Waals surface area contributed by atoms with E-state index in [1.807, 2.05) is 12.1 Å². The highest BCUT2D eigenvalue weighted by Crippen LogP contribution is 2.24. The minimum atomic E-state index is -0.225. The molecule has 4 rings (SSSR count). The van der Waals surface area contributed by atoms with Crippen LogP contribution in [-0.4, -0.2) is 42.1 Å². The maximum absolute atomic E-state index is 12.5. The first kappa shape index (κ1) is 18.7. The van der Waals surface area contributed by atoms with Crippen molar-refractivity contribution in [1.29, 1.82) is 0 Å². The number of carbonyl (C=O) groups is 1. The molecule has 3 heterocycles. The Kier molecular flexibility index (Phi) is 5.74. The Balaban J connectivity index is 1.35. The summed E-state index contributed by atoms with van der Waals surface area (Å²) in [6.45, 7) is 6.56. The average Bonchev–Trinajstić information content (AvgIpc) is 2.76. The first-order chi connectivity index (χ1) is 13.7.